The first-order valence-corrected chi connectivity index (χ1v) is 5.22. The van der Waals surface area contributed by atoms with E-state index in [1.165, 1.54) is 6.07 Å². The smallest absolute Gasteiger partial charge is 0.336 e. The van der Waals surface area contributed by atoms with Crippen LogP contribution in [-0.2, 0) is 0 Å². The number of ether oxygens (including phenoxy) is 1. The van der Waals surface area contributed by atoms with Gasteiger partial charge in [-0.05, 0) is 17.5 Å². The molecule has 2 rings (SSSR count). The van der Waals surface area contributed by atoms with Gasteiger partial charge in [-0.25, -0.2) is 4.79 Å². The molecule has 2 N–H and O–H groups in total. The van der Waals surface area contributed by atoms with Crippen molar-refractivity contribution in [3.63, 3.8) is 0 Å². The van der Waals surface area contributed by atoms with E-state index in [0.717, 1.165) is 5.39 Å². The Morgan fingerprint density at radius 2 is 1.82 bits per heavy atom. The van der Waals surface area contributed by atoms with Crippen LogP contribution < -0.4 is 4.74 Å². The zero-order valence-corrected chi connectivity index (χ0v) is 9.09. The Labute approximate surface area is 98.1 Å². The zero-order chi connectivity index (χ0) is 12.3. The Bertz CT molecular complexity index is 548. The Kier molecular flexibility index (Phi) is 3.25. The normalized spacial score (nSPS) is 10.4. The van der Waals surface area contributed by atoms with Crippen molar-refractivity contribution in [3.05, 3.63) is 42.0 Å². The van der Waals surface area contributed by atoms with Crippen LogP contribution in [0.2, 0.25) is 0 Å². The molecular weight excluding hydrogens is 220 g/mol. The number of carboxylic acids is 1. The van der Waals surface area contributed by atoms with Crippen LogP contribution >= 0.6 is 0 Å². The minimum atomic E-state index is -0.963. The third-order valence-electron chi connectivity index (χ3n) is 2.46. The van der Waals surface area contributed by atoms with Crippen LogP contribution in [0, 0.1) is 0 Å². The van der Waals surface area contributed by atoms with Crippen molar-refractivity contribution in [1.82, 2.24) is 0 Å². The molecule has 0 unspecified atom stereocenters. The Hall–Kier alpha value is -2.07. The van der Waals surface area contributed by atoms with Gasteiger partial charge < -0.3 is 14.9 Å². The van der Waals surface area contributed by atoms with E-state index in [1.54, 1.807) is 24.3 Å². The number of aliphatic hydroxyl groups excluding tert-OH is 1. The molecule has 0 bridgehead atoms. The van der Waals surface area contributed by atoms with Gasteiger partial charge in [-0.15, -0.1) is 0 Å². The molecule has 0 radical (unpaired) electrons. The molecule has 4 heteroatoms. The average Bonchev–Trinajstić information content (AvgIpc) is 2.35. The molecule has 0 heterocycles. The summed E-state index contributed by atoms with van der Waals surface area (Å²) in [5, 5.41) is 19.2. The molecule has 0 fully saturated rings. The molecule has 4 nitrogen and oxygen atoms in total. The molecule has 0 aliphatic carbocycles. The van der Waals surface area contributed by atoms with Gasteiger partial charge in [-0.2, -0.15) is 0 Å². The molecule has 2 aromatic carbocycles. The maximum absolute atomic E-state index is 11.1. The lowest BCUT2D eigenvalue weighted by Gasteiger charge is -2.09. The van der Waals surface area contributed by atoms with Crippen molar-refractivity contribution in [2.24, 2.45) is 0 Å². The second-order valence-corrected chi connectivity index (χ2v) is 3.53. The molecule has 0 saturated heterocycles. The fourth-order valence-electron chi connectivity index (χ4n) is 1.74. The number of carboxylic acid groups (broad SMARTS) is 1. The fourth-order valence-corrected chi connectivity index (χ4v) is 1.74. The Morgan fingerprint density at radius 1 is 1.12 bits per heavy atom. The second kappa shape index (κ2) is 4.84. The van der Waals surface area contributed by atoms with E-state index in [1.807, 2.05) is 6.07 Å². The van der Waals surface area contributed by atoms with E-state index in [4.69, 9.17) is 14.9 Å². The zero-order valence-electron chi connectivity index (χ0n) is 9.09. The summed E-state index contributed by atoms with van der Waals surface area (Å²) >= 11 is 0. The van der Waals surface area contributed by atoms with E-state index in [0.29, 0.717) is 11.1 Å². The molecule has 0 aliphatic heterocycles. The number of rotatable bonds is 4. The molecular formula is C13H12O4. The number of hydrogen-bond acceptors (Lipinski definition) is 3. The average molecular weight is 232 g/mol. The van der Waals surface area contributed by atoms with Crippen molar-refractivity contribution in [3.8, 4) is 5.75 Å². The summed E-state index contributed by atoms with van der Waals surface area (Å²) in [6, 6.07) is 10.3. The first-order chi connectivity index (χ1) is 8.24. The minimum absolute atomic E-state index is 0.0744. The maximum Gasteiger partial charge on any atom is 0.336 e. The number of carbonyl (C=O) groups is 1. The van der Waals surface area contributed by atoms with Crippen molar-refractivity contribution in [1.29, 1.82) is 0 Å². The quantitative estimate of drug-likeness (QED) is 0.845. The van der Waals surface area contributed by atoms with Crippen LogP contribution in [0.5, 0.6) is 5.75 Å². The number of fused-ring (bicyclic) bond motifs is 1. The minimum Gasteiger partial charge on any atom is -0.491 e. The third kappa shape index (κ3) is 2.21. The van der Waals surface area contributed by atoms with Gasteiger partial charge in [0, 0.05) is 5.39 Å². The first kappa shape index (κ1) is 11.4. The molecule has 17 heavy (non-hydrogen) atoms. The predicted molar refractivity (Wildman–Crippen MR) is 63.5 cm³/mol. The summed E-state index contributed by atoms with van der Waals surface area (Å²) in [5.41, 5.74) is 0.247. The lowest BCUT2D eigenvalue weighted by molar-refractivity contribution is 0.0699. The molecule has 2 aromatic rings. The number of benzene rings is 2. The summed E-state index contributed by atoms with van der Waals surface area (Å²) in [5.74, 6) is -0.380. The molecule has 88 valence electrons. The second-order valence-electron chi connectivity index (χ2n) is 3.53. The first-order valence-electron chi connectivity index (χ1n) is 5.22. The number of hydrogen-bond donors (Lipinski definition) is 2. The molecule has 0 amide bonds. The van der Waals surface area contributed by atoms with E-state index in [2.05, 4.69) is 0 Å². The van der Waals surface area contributed by atoms with Gasteiger partial charge in [0.25, 0.3) is 0 Å². The highest BCUT2D eigenvalue weighted by Gasteiger charge is 2.11. The summed E-state index contributed by atoms with van der Waals surface area (Å²) in [6.07, 6.45) is 0. The molecule has 0 aromatic heterocycles. The summed E-state index contributed by atoms with van der Waals surface area (Å²) in [7, 11) is 0. The van der Waals surface area contributed by atoms with E-state index >= 15 is 0 Å². The predicted octanol–water partition coefficient (Wildman–Crippen LogP) is 1.91. The summed E-state index contributed by atoms with van der Waals surface area (Å²) < 4.78 is 5.36. The van der Waals surface area contributed by atoms with Crippen LogP contribution in [0.25, 0.3) is 10.8 Å². The van der Waals surface area contributed by atoms with Crippen molar-refractivity contribution in [2.75, 3.05) is 13.2 Å². The summed E-state index contributed by atoms with van der Waals surface area (Å²) in [6.45, 7) is 0.116. The lowest BCUT2D eigenvalue weighted by Crippen LogP contribution is -2.03. The van der Waals surface area contributed by atoms with Crippen LogP contribution in [-0.4, -0.2) is 29.4 Å². The third-order valence-corrected chi connectivity index (χ3v) is 2.46. The highest BCUT2D eigenvalue weighted by atomic mass is 16.5. The monoisotopic (exact) mass is 232 g/mol. The number of aromatic carboxylic acids is 1. The van der Waals surface area contributed by atoms with Crippen LogP contribution in [0.15, 0.2) is 36.4 Å². The molecule has 0 aliphatic rings. The van der Waals surface area contributed by atoms with Gasteiger partial charge in [-0.1, -0.05) is 24.3 Å². The van der Waals surface area contributed by atoms with Crippen molar-refractivity contribution < 1.29 is 19.7 Å². The largest absolute Gasteiger partial charge is 0.491 e. The Balaban J connectivity index is 2.58. The van der Waals surface area contributed by atoms with Gasteiger partial charge in [0.1, 0.15) is 12.4 Å². The van der Waals surface area contributed by atoms with Crippen LogP contribution in [0.4, 0.5) is 0 Å². The maximum atomic E-state index is 11.1. The van der Waals surface area contributed by atoms with Gasteiger partial charge in [-0.3, -0.25) is 0 Å². The Morgan fingerprint density at radius 3 is 2.47 bits per heavy atom. The molecule has 0 saturated carbocycles. The topological polar surface area (TPSA) is 66.8 Å². The van der Waals surface area contributed by atoms with Crippen molar-refractivity contribution in [2.45, 2.75) is 0 Å². The molecule has 0 spiro atoms. The van der Waals surface area contributed by atoms with Crippen LogP contribution in [0.1, 0.15) is 10.4 Å². The standard InChI is InChI=1S/C13H12O4/c14-7-8-17-12-6-5-11(13(15)16)9-3-1-2-4-10(9)12/h1-6,14H,7-8H2,(H,15,16). The SMILES string of the molecule is O=C(O)c1ccc(OCCO)c2ccccc12. The van der Waals surface area contributed by atoms with Gasteiger partial charge >= 0.3 is 5.97 Å². The van der Waals surface area contributed by atoms with E-state index in [9.17, 15) is 4.79 Å². The fraction of sp³-hybridized carbons (Fsp3) is 0.154. The van der Waals surface area contributed by atoms with Gasteiger partial charge in [0.05, 0.1) is 12.2 Å². The van der Waals surface area contributed by atoms with Gasteiger partial charge in [0.2, 0.25) is 0 Å². The van der Waals surface area contributed by atoms with Crippen molar-refractivity contribution >= 4 is 16.7 Å². The van der Waals surface area contributed by atoms with Gasteiger partial charge in [0.15, 0.2) is 0 Å². The highest BCUT2D eigenvalue weighted by Crippen LogP contribution is 2.28. The lowest BCUT2D eigenvalue weighted by atomic mass is 10.0. The van der Waals surface area contributed by atoms with E-state index in [-0.39, 0.29) is 18.8 Å². The number of aliphatic hydroxyl groups is 1. The molecule has 0 atom stereocenters. The summed E-state index contributed by atoms with van der Waals surface area (Å²) in [4.78, 5) is 11.1. The van der Waals surface area contributed by atoms with E-state index < -0.39 is 5.97 Å². The van der Waals surface area contributed by atoms with Crippen LogP contribution in [0.3, 0.4) is 0 Å². The highest BCUT2D eigenvalue weighted by molar-refractivity contribution is 6.05.